The molecule has 0 fully saturated rings. The number of carbonyl (C=O) groups is 3. The SMILES string of the molecule is COC(=O)Nc1ccc(-c2cc(F)cc(C(=O)c3ccc(Cl)cn3)c2)c(NC(=O)CCCC[P+](c2ccccc2)(c2ccccc2)c2ccccc2)c1.[Br-]. The molecule has 0 saturated carbocycles. The van der Waals surface area contributed by atoms with Gasteiger partial charge in [0, 0.05) is 29.4 Å². The topological polar surface area (TPSA) is 97.4 Å². The monoisotopic (exact) mass is 823 g/mol. The zero-order valence-corrected chi connectivity index (χ0v) is 32.6. The molecule has 1 aromatic heterocycles. The third-order valence-corrected chi connectivity index (χ3v) is 13.6. The lowest BCUT2D eigenvalue weighted by Gasteiger charge is -2.27. The van der Waals surface area contributed by atoms with E-state index in [1.165, 1.54) is 47.4 Å². The van der Waals surface area contributed by atoms with Crippen LogP contribution < -0.4 is 43.5 Å². The maximum Gasteiger partial charge on any atom is 0.411 e. The fourth-order valence-corrected chi connectivity index (χ4v) is 10.9. The van der Waals surface area contributed by atoms with Crippen LogP contribution in [0.25, 0.3) is 11.1 Å². The molecule has 0 aliphatic rings. The van der Waals surface area contributed by atoms with Gasteiger partial charge >= 0.3 is 6.09 Å². The quantitative estimate of drug-likeness (QED) is 0.0840. The lowest BCUT2D eigenvalue weighted by atomic mass is 9.98. The molecule has 0 atom stereocenters. The summed E-state index contributed by atoms with van der Waals surface area (Å²) in [6, 6.07) is 43.6. The standard InChI is InChI=1S/C43H36ClFN3O4P.BrH/c1-52-43(51)47-34-21-22-38(30-25-31(27-33(45)26-30)42(50)39-23-20-32(44)29-46-39)40(28-34)48-41(49)19-11-12-24-53(35-13-5-2-6-14-35,36-15-7-3-8-16-36)37-17-9-4-10-18-37;/h2-10,13-18,20-23,25-29H,11-12,19,24H2,1H3,(H-,47,48,49,51);1H. The summed E-state index contributed by atoms with van der Waals surface area (Å²) in [4.78, 5) is 43.0. The molecule has 274 valence electrons. The van der Waals surface area contributed by atoms with Crippen LogP contribution in [0, 0.1) is 5.82 Å². The zero-order chi connectivity index (χ0) is 37.2. The molecule has 11 heteroatoms. The molecule has 2 N–H and O–H groups in total. The Kier molecular flexibility index (Phi) is 13.9. The molecule has 0 radical (unpaired) electrons. The molecule has 0 aliphatic carbocycles. The van der Waals surface area contributed by atoms with Gasteiger partial charge in [0.25, 0.3) is 0 Å². The van der Waals surface area contributed by atoms with Crippen LogP contribution in [0.15, 0.2) is 146 Å². The molecule has 0 saturated heterocycles. The number of ether oxygens (including phenoxy) is 1. The molecule has 0 spiro atoms. The van der Waals surface area contributed by atoms with Crippen molar-refractivity contribution >= 4 is 63.9 Å². The van der Waals surface area contributed by atoms with E-state index in [0.717, 1.165) is 18.6 Å². The van der Waals surface area contributed by atoms with Gasteiger partial charge in [-0.3, -0.25) is 19.9 Å². The number of ketones is 1. The normalized spacial score (nSPS) is 10.9. The Hall–Kier alpha value is -5.21. The fourth-order valence-electron chi connectivity index (χ4n) is 6.41. The van der Waals surface area contributed by atoms with Crippen LogP contribution in [0.5, 0.6) is 0 Å². The molecule has 5 aromatic carbocycles. The number of pyridine rings is 1. The van der Waals surface area contributed by atoms with Crippen LogP contribution >= 0.6 is 18.9 Å². The highest BCUT2D eigenvalue weighted by Gasteiger charge is 2.44. The van der Waals surface area contributed by atoms with Gasteiger partial charge in [-0.1, -0.05) is 72.3 Å². The number of hydrogen-bond acceptors (Lipinski definition) is 5. The van der Waals surface area contributed by atoms with E-state index in [1.54, 1.807) is 24.3 Å². The van der Waals surface area contributed by atoms with E-state index in [2.05, 4.69) is 88.4 Å². The van der Waals surface area contributed by atoms with Crippen molar-refractivity contribution < 1.29 is 40.5 Å². The first-order chi connectivity index (χ1) is 25.8. The second kappa shape index (κ2) is 18.7. The van der Waals surface area contributed by atoms with Crippen molar-refractivity contribution in [2.45, 2.75) is 19.3 Å². The second-order valence-corrected chi connectivity index (χ2v) is 16.4. The van der Waals surface area contributed by atoms with Crippen molar-refractivity contribution in [1.82, 2.24) is 4.98 Å². The summed E-state index contributed by atoms with van der Waals surface area (Å²) in [6.45, 7) is 0. The van der Waals surface area contributed by atoms with Crippen LogP contribution in [0.3, 0.4) is 0 Å². The fraction of sp³-hybridized carbons (Fsp3) is 0.116. The van der Waals surface area contributed by atoms with E-state index in [9.17, 15) is 14.4 Å². The maximum absolute atomic E-state index is 15.1. The molecule has 2 amide bonds. The Balaban J connectivity index is 0.00000561. The largest absolute Gasteiger partial charge is 1.00 e. The lowest BCUT2D eigenvalue weighted by Crippen LogP contribution is -3.00. The first-order valence-corrected chi connectivity index (χ1v) is 19.4. The average molecular weight is 825 g/mol. The van der Waals surface area contributed by atoms with Gasteiger partial charge in [-0.25, -0.2) is 9.18 Å². The van der Waals surface area contributed by atoms with E-state index in [0.29, 0.717) is 33.9 Å². The van der Waals surface area contributed by atoms with Crippen molar-refractivity contribution in [1.29, 1.82) is 0 Å². The van der Waals surface area contributed by atoms with Crippen molar-refractivity contribution in [3.8, 4) is 11.1 Å². The Labute approximate surface area is 330 Å². The molecule has 6 rings (SSSR count). The summed E-state index contributed by atoms with van der Waals surface area (Å²) in [5.41, 5.74) is 1.68. The van der Waals surface area contributed by atoms with Gasteiger partial charge in [-0.2, -0.15) is 0 Å². The number of amides is 2. The zero-order valence-electron chi connectivity index (χ0n) is 29.3. The number of carbonyl (C=O) groups excluding carboxylic acids is 3. The Morgan fingerprint density at radius 1 is 0.741 bits per heavy atom. The number of hydrogen-bond donors (Lipinski definition) is 2. The smallest absolute Gasteiger partial charge is 0.411 e. The van der Waals surface area contributed by atoms with E-state index in [1.807, 2.05) is 18.2 Å². The first kappa shape index (κ1) is 40.0. The van der Waals surface area contributed by atoms with E-state index in [4.69, 9.17) is 16.3 Å². The summed E-state index contributed by atoms with van der Waals surface area (Å²) >= 11 is 5.94. The number of nitrogens with one attached hydrogen (secondary N) is 2. The molecular weight excluding hydrogens is 788 g/mol. The van der Waals surface area contributed by atoms with Gasteiger partial charge in [-0.15, -0.1) is 0 Å². The predicted molar refractivity (Wildman–Crippen MR) is 213 cm³/mol. The van der Waals surface area contributed by atoms with Crippen molar-refractivity contribution in [3.05, 3.63) is 168 Å². The highest BCUT2D eigenvalue weighted by molar-refractivity contribution is 7.95. The Morgan fingerprint density at radius 2 is 1.35 bits per heavy atom. The van der Waals surface area contributed by atoms with Gasteiger partial charge in [0.05, 0.1) is 24.0 Å². The number of methoxy groups -OCH3 is 1. The number of aromatic nitrogens is 1. The number of unbranched alkanes of at least 4 members (excludes halogenated alkanes) is 1. The molecular formula is C43H37BrClFN3O4P. The molecule has 6 aromatic rings. The van der Waals surface area contributed by atoms with E-state index >= 15 is 4.39 Å². The van der Waals surface area contributed by atoms with Crippen LogP contribution in [-0.2, 0) is 9.53 Å². The van der Waals surface area contributed by atoms with Crippen LogP contribution in [0.1, 0.15) is 35.3 Å². The average Bonchev–Trinajstić information content (AvgIpc) is 3.19. The Morgan fingerprint density at radius 3 is 1.91 bits per heavy atom. The minimum absolute atomic E-state index is 0. The molecule has 7 nitrogen and oxygen atoms in total. The second-order valence-electron chi connectivity index (χ2n) is 12.3. The molecule has 0 unspecified atom stereocenters. The van der Waals surface area contributed by atoms with E-state index < -0.39 is 25.0 Å². The minimum atomic E-state index is -2.05. The maximum atomic E-state index is 15.1. The summed E-state index contributed by atoms with van der Waals surface area (Å²) < 4.78 is 19.8. The first-order valence-electron chi connectivity index (χ1n) is 17.1. The number of halogens is 3. The van der Waals surface area contributed by atoms with Crippen molar-refractivity contribution in [3.63, 3.8) is 0 Å². The predicted octanol–water partition coefficient (Wildman–Crippen LogP) is 6.06. The summed E-state index contributed by atoms with van der Waals surface area (Å²) in [5, 5.41) is 9.80. The summed E-state index contributed by atoms with van der Waals surface area (Å²) in [7, 11) is -0.804. The third-order valence-electron chi connectivity index (χ3n) is 8.89. The van der Waals surface area contributed by atoms with Crippen LogP contribution in [0.4, 0.5) is 20.6 Å². The highest BCUT2D eigenvalue weighted by atomic mass is 79.9. The number of benzene rings is 5. The van der Waals surface area contributed by atoms with Crippen LogP contribution in [-0.4, -0.2) is 36.0 Å². The van der Waals surface area contributed by atoms with Gasteiger partial charge < -0.3 is 27.0 Å². The van der Waals surface area contributed by atoms with Crippen molar-refractivity contribution in [2.24, 2.45) is 0 Å². The molecule has 0 bridgehead atoms. The number of nitrogens with zero attached hydrogens (tertiary/aromatic N) is 1. The molecule has 54 heavy (non-hydrogen) atoms. The van der Waals surface area contributed by atoms with Gasteiger partial charge in [0.15, 0.2) is 0 Å². The number of anilines is 2. The summed E-state index contributed by atoms with van der Waals surface area (Å²) in [5.74, 6) is -1.38. The van der Waals surface area contributed by atoms with Crippen molar-refractivity contribution in [2.75, 3.05) is 23.9 Å². The lowest BCUT2D eigenvalue weighted by molar-refractivity contribution is -0.116. The Bertz CT molecular complexity index is 2120. The van der Waals surface area contributed by atoms with Gasteiger partial charge in [0.2, 0.25) is 11.7 Å². The highest BCUT2D eigenvalue weighted by Crippen LogP contribution is 2.56. The number of rotatable bonds is 13. The van der Waals surface area contributed by atoms with Gasteiger partial charge in [0.1, 0.15) is 34.7 Å². The third kappa shape index (κ3) is 9.47. The van der Waals surface area contributed by atoms with Crippen LogP contribution in [0.2, 0.25) is 5.02 Å². The minimum Gasteiger partial charge on any atom is -1.00 e. The molecule has 1 heterocycles. The molecule has 0 aliphatic heterocycles. The summed E-state index contributed by atoms with van der Waals surface area (Å²) in [6.07, 6.45) is 3.15. The van der Waals surface area contributed by atoms with Gasteiger partial charge in [-0.05, 0) is 97.3 Å². The van der Waals surface area contributed by atoms with E-state index in [-0.39, 0.29) is 40.6 Å².